The lowest BCUT2D eigenvalue weighted by Crippen LogP contribution is -2.40. The van der Waals surface area contributed by atoms with Crippen molar-refractivity contribution in [1.29, 1.82) is 0 Å². The van der Waals surface area contributed by atoms with E-state index in [-0.39, 0.29) is 17.8 Å². The second-order valence-electron chi connectivity index (χ2n) is 5.82. The van der Waals surface area contributed by atoms with Gasteiger partial charge in [-0.15, -0.1) is 12.4 Å². The smallest absolute Gasteiger partial charge is 0.259 e. The van der Waals surface area contributed by atoms with Crippen LogP contribution in [0.15, 0.2) is 18.2 Å². The fourth-order valence-electron chi connectivity index (χ4n) is 3.33. The maximum absolute atomic E-state index is 13.7. The molecule has 1 amide bonds. The van der Waals surface area contributed by atoms with Crippen LogP contribution in [-0.4, -0.2) is 37.0 Å². The summed E-state index contributed by atoms with van der Waals surface area (Å²) < 4.78 is 27.4. The number of likely N-dealkylation sites (tertiary alicyclic amines) is 1. The molecule has 1 spiro atoms. The summed E-state index contributed by atoms with van der Waals surface area (Å²) in [6.45, 7) is 3.11. The Morgan fingerprint density at radius 1 is 1.14 bits per heavy atom. The molecule has 21 heavy (non-hydrogen) atoms. The Morgan fingerprint density at radius 2 is 1.76 bits per heavy atom. The van der Waals surface area contributed by atoms with Gasteiger partial charge in [0.1, 0.15) is 17.2 Å². The molecule has 116 valence electrons. The van der Waals surface area contributed by atoms with Gasteiger partial charge in [-0.2, -0.15) is 0 Å². The average molecular weight is 317 g/mol. The number of rotatable bonds is 1. The molecule has 0 saturated carbocycles. The zero-order valence-corrected chi connectivity index (χ0v) is 12.5. The topological polar surface area (TPSA) is 32.3 Å². The van der Waals surface area contributed by atoms with Crippen molar-refractivity contribution >= 4 is 18.3 Å². The number of carbonyl (C=O) groups is 1. The largest absolute Gasteiger partial charge is 0.338 e. The third-order valence-corrected chi connectivity index (χ3v) is 4.57. The van der Waals surface area contributed by atoms with E-state index >= 15 is 0 Å². The van der Waals surface area contributed by atoms with E-state index in [2.05, 4.69) is 5.32 Å². The Kier molecular flexibility index (Phi) is 4.84. The van der Waals surface area contributed by atoms with Gasteiger partial charge in [-0.1, -0.05) is 6.07 Å². The lowest BCUT2D eigenvalue weighted by Gasteiger charge is -2.33. The zero-order valence-electron chi connectivity index (χ0n) is 11.7. The number of piperidine rings is 1. The van der Waals surface area contributed by atoms with Gasteiger partial charge >= 0.3 is 0 Å². The van der Waals surface area contributed by atoms with Crippen LogP contribution in [0.25, 0.3) is 0 Å². The van der Waals surface area contributed by atoms with Gasteiger partial charge in [-0.05, 0) is 49.9 Å². The summed E-state index contributed by atoms with van der Waals surface area (Å²) in [5.74, 6) is -2.07. The van der Waals surface area contributed by atoms with Gasteiger partial charge in [-0.25, -0.2) is 8.78 Å². The molecule has 0 atom stereocenters. The van der Waals surface area contributed by atoms with Crippen molar-refractivity contribution in [2.45, 2.75) is 19.3 Å². The molecule has 3 rings (SSSR count). The van der Waals surface area contributed by atoms with Crippen molar-refractivity contribution in [3.8, 4) is 0 Å². The third-order valence-electron chi connectivity index (χ3n) is 4.57. The highest BCUT2D eigenvalue weighted by Crippen LogP contribution is 2.39. The quantitative estimate of drug-likeness (QED) is 0.864. The molecule has 0 aromatic heterocycles. The molecule has 1 aromatic carbocycles. The van der Waals surface area contributed by atoms with E-state index in [0.29, 0.717) is 13.1 Å². The molecule has 2 fully saturated rings. The van der Waals surface area contributed by atoms with E-state index in [0.717, 1.165) is 44.5 Å². The van der Waals surface area contributed by atoms with Crippen molar-refractivity contribution < 1.29 is 13.6 Å². The summed E-state index contributed by atoms with van der Waals surface area (Å²) in [5, 5.41) is 3.31. The van der Waals surface area contributed by atoms with Crippen LogP contribution in [0.4, 0.5) is 8.78 Å². The maximum atomic E-state index is 13.7. The minimum atomic E-state index is -0.777. The van der Waals surface area contributed by atoms with Crippen LogP contribution in [0, 0.1) is 17.0 Å². The zero-order chi connectivity index (χ0) is 14.2. The summed E-state index contributed by atoms with van der Waals surface area (Å²) in [4.78, 5) is 13.9. The van der Waals surface area contributed by atoms with Gasteiger partial charge in [0.25, 0.3) is 5.91 Å². The Labute approximate surface area is 129 Å². The molecule has 0 radical (unpaired) electrons. The van der Waals surface area contributed by atoms with E-state index in [1.165, 1.54) is 6.07 Å². The monoisotopic (exact) mass is 316 g/mol. The molecule has 0 unspecified atom stereocenters. The van der Waals surface area contributed by atoms with Crippen molar-refractivity contribution in [3.63, 3.8) is 0 Å². The fraction of sp³-hybridized carbons (Fsp3) is 0.533. The predicted molar refractivity (Wildman–Crippen MR) is 78.7 cm³/mol. The molecule has 0 bridgehead atoms. The van der Waals surface area contributed by atoms with E-state index in [9.17, 15) is 13.6 Å². The van der Waals surface area contributed by atoms with Gasteiger partial charge in [0.15, 0.2) is 0 Å². The van der Waals surface area contributed by atoms with Gasteiger partial charge in [-0.3, -0.25) is 4.79 Å². The molecular formula is C15H19ClF2N2O. The SMILES string of the molecule is Cl.O=C(c1c(F)cccc1F)N1CCC2(CCNCC2)C1. The first-order valence-electron chi connectivity index (χ1n) is 7.05. The summed E-state index contributed by atoms with van der Waals surface area (Å²) in [5.41, 5.74) is -0.277. The van der Waals surface area contributed by atoms with Crippen LogP contribution in [0.2, 0.25) is 0 Å². The van der Waals surface area contributed by atoms with Crippen molar-refractivity contribution in [1.82, 2.24) is 10.2 Å². The molecule has 0 aliphatic carbocycles. The third kappa shape index (κ3) is 3.04. The number of halogens is 3. The summed E-state index contributed by atoms with van der Waals surface area (Å²) in [6, 6.07) is 3.54. The molecule has 2 aliphatic rings. The van der Waals surface area contributed by atoms with Gasteiger partial charge in [0.05, 0.1) is 0 Å². The van der Waals surface area contributed by atoms with Gasteiger partial charge in [0, 0.05) is 13.1 Å². The Hall–Kier alpha value is -1.20. The van der Waals surface area contributed by atoms with E-state index < -0.39 is 23.1 Å². The molecule has 6 heteroatoms. The first-order valence-corrected chi connectivity index (χ1v) is 7.05. The Bertz CT molecular complexity index is 512. The normalized spacial score (nSPS) is 20.4. The van der Waals surface area contributed by atoms with Gasteiger partial charge in [0.2, 0.25) is 0 Å². The second-order valence-corrected chi connectivity index (χ2v) is 5.82. The molecule has 2 saturated heterocycles. The molecule has 3 nitrogen and oxygen atoms in total. The number of nitrogens with zero attached hydrogens (tertiary/aromatic N) is 1. The maximum Gasteiger partial charge on any atom is 0.259 e. The summed E-state index contributed by atoms with van der Waals surface area (Å²) in [7, 11) is 0. The van der Waals surface area contributed by atoms with Crippen LogP contribution in [0.5, 0.6) is 0 Å². The minimum absolute atomic E-state index is 0. The fourth-order valence-corrected chi connectivity index (χ4v) is 3.33. The molecule has 2 heterocycles. The van der Waals surface area contributed by atoms with Crippen LogP contribution in [0.1, 0.15) is 29.6 Å². The first-order chi connectivity index (χ1) is 9.61. The molecule has 2 aliphatic heterocycles. The molecular weight excluding hydrogens is 298 g/mol. The summed E-state index contributed by atoms with van der Waals surface area (Å²) >= 11 is 0. The number of amides is 1. The predicted octanol–water partition coefficient (Wildman–Crippen LogP) is 2.60. The number of benzene rings is 1. The highest BCUT2D eigenvalue weighted by atomic mass is 35.5. The van der Waals surface area contributed by atoms with Crippen molar-refractivity contribution in [2.75, 3.05) is 26.2 Å². The van der Waals surface area contributed by atoms with Crippen molar-refractivity contribution in [3.05, 3.63) is 35.4 Å². The Balaban J connectivity index is 0.00000161. The lowest BCUT2D eigenvalue weighted by molar-refractivity contribution is 0.0752. The van der Waals surface area contributed by atoms with Crippen LogP contribution >= 0.6 is 12.4 Å². The standard InChI is InChI=1S/C15H18F2N2O.ClH/c16-11-2-1-3-12(17)13(11)14(20)19-9-6-15(10-19)4-7-18-8-5-15;/h1-3,18H,4-10H2;1H. The highest BCUT2D eigenvalue weighted by molar-refractivity contribution is 5.95. The average Bonchev–Trinajstić information content (AvgIpc) is 2.83. The van der Waals surface area contributed by atoms with E-state index in [1.54, 1.807) is 4.90 Å². The number of carbonyl (C=O) groups excluding carboxylic acids is 1. The summed E-state index contributed by atoms with van der Waals surface area (Å²) in [6.07, 6.45) is 2.98. The second kappa shape index (κ2) is 6.28. The highest BCUT2D eigenvalue weighted by Gasteiger charge is 2.41. The number of hydrogen-bond acceptors (Lipinski definition) is 2. The lowest BCUT2D eigenvalue weighted by atomic mass is 9.78. The first kappa shape index (κ1) is 16.2. The number of nitrogens with one attached hydrogen (secondary N) is 1. The van der Waals surface area contributed by atoms with E-state index in [4.69, 9.17) is 0 Å². The van der Waals surface area contributed by atoms with E-state index in [1.807, 2.05) is 0 Å². The Morgan fingerprint density at radius 3 is 2.38 bits per heavy atom. The van der Waals surface area contributed by atoms with Crippen LogP contribution < -0.4 is 5.32 Å². The molecule has 1 N–H and O–H groups in total. The van der Waals surface area contributed by atoms with Crippen LogP contribution in [0.3, 0.4) is 0 Å². The van der Waals surface area contributed by atoms with Gasteiger partial charge < -0.3 is 10.2 Å². The number of hydrogen-bond donors (Lipinski definition) is 1. The minimum Gasteiger partial charge on any atom is -0.338 e. The van der Waals surface area contributed by atoms with Crippen molar-refractivity contribution in [2.24, 2.45) is 5.41 Å². The molecule has 1 aromatic rings. The van der Waals surface area contributed by atoms with Crippen LogP contribution in [-0.2, 0) is 0 Å².